The van der Waals surface area contributed by atoms with Crippen LogP contribution in [0.2, 0.25) is 0 Å². The highest BCUT2D eigenvalue weighted by atomic mass is 16.1. The zero-order chi connectivity index (χ0) is 14.1. The maximum absolute atomic E-state index is 12.0. The van der Waals surface area contributed by atoms with Gasteiger partial charge in [0, 0.05) is 12.1 Å². The third kappa shape index (κ3) is 2.14. The molecule has 0 aliphatic heterocycles. The van der Waals surface area contributed by atoms with Gasteiger partial charge in [-0.25, -0.2) is 0 Å². The van der Waals surface area contributed by atoms with Crippen LogP contribution in [0.5, 0.6) is 0 Å². The SMILES string of the molecule is CC(C)n1c(=O)ccc2cc(-c3ccccc3)ccc21. The quantitative estimate of drug-likeness (QED) is 0.677. The van der Waals surface area contributed by atoms with Gasteiger partial charge in [-0.1, -0.05) is 36.4 Å². The third-order valence-electron chi connectivity index (χ3n) is 3.55. The van der Waals surface area contributed by atoms with Crippen LogP contribution in [0, 0.1) is 0 Å². The van der Waals surface area contributed by atoms with E-state index in [9.17, 15) is 4.79 Å². The lowest BCUT2D eigenvalue weighted by Gasteiger charge is -2.14. The van der Waals surface area contributed by atoms with Crippen molar-refractivity contribution in [1.29, 1.82) is 0 Å². The van der Waals surface area contributed by atoms with Crippen LogP contribution in [0.15, 0.2) is 65.5 Å². The van der Waals surface area contributed by atoms with E-state index in [-0.39, 0.29) is 11.6 Å². The second kappa shape index (κ2) is 4.97. The van der Waals surface area contributed by atoms with Crippen molar-refractivity contribution in [3.8, 4) is 11.1 Å². The molecule has 2 nitrogen and oxygen atoms in total. The van der Waals surface area contributed by atoms with E-state index >= 15 is 0 Å². The summed E-state index contributed by atoms with van der Waals surface area (Å²) in [4.78, 5) is 12.0. The molecule has 0 atom stereocenters. The average molecular weight is 263 g/mol. The third-order valence-corrected chi connectivity index (χ3v) is 3.55. The molecule has 3 rings (SSSR count). The molecule has 0 radical (unpaired) electrons. The smallest absolute Gasteiger partial charge is 0.251 e. The molecule has 0 N–H and O–H groups in total. The Bertz CT molecular complexity index is 801. The number of benzene rings is 2. The van der Waals surface area contributed by atoms with Crippen LogP contribution in [0.1, 0.15) is 19.9 Å². The maximum Gasteiger partial charge on any atom is 0.251 e. The largest absolute Gasteiger partial charge is 0.306 e. The monoisotopic (exact) mass is 263 g/mol. The van der Waals surface area contributed by atoms with E-state index in [0.29, 0.717) is 0 Å². The van der Waals surface area contributed by atoms with Crippen molar-refractivity contribution in [2.75, 3.05) is 0 Å². The van der Waals surface area contributed by atoms with Crippen LogP contribution in [0.4, 0.5) is 0 Å². The lowest BCUT2D eigenvalue weighted by Crippen LogP contribution is -2.20. The predicted octanol–water partition coefficient (Wildman–Crippen LogP) is 4.25. The number of rotatable bonds is 2. The Balaban J connectivity index is 2.24. The molecular weight excluding hydrogens is 246 g/mol. The molecule has 2 aromatic carbocycles. The molecule has 0 aliphatic rings. The topological polar surface area (TPSA) is 22.0 Å². The standard InChI is InChI=1S/C18H17NO/c1-13(2)19-17-10-8-15(14-6-4-3-5-7-14)12-16(17)9-11-18(19)20/h3-13H,1-2H3. The van der Waals surface area contributed by atoms with Crippen LogP contribution in [0.25, 0.3) is 22.0 Å². The Morgan fingerprint density at radius 2 is 1.60 bits per heavy atom. The second-order valence-corrected chi connectivity index (χ2v) is 5.27. The van der Waals surface area contributed by atoms with Gasteiger partial charge in [-0.2, -0.15) is 0 Å². The van der Waals surface area contributed by atoms with Crippen LogP contribution in [-0.4, -0.2) is 4.57 Å². The van der Waals surface area contributed by atoms with Crippen molar-refractivity contribution in [2.45, 2.75) is 19.9 Å². The molecule has 2 heteroatoms. The van der Waals surface area contributed by atoms with Crippen LogP contribution < -0.4 is 5.56 Å². The molecule has 3 aromatic rings. The molecule has 0 saturated carbocycles. The molecule has 20 heavy (non-hydrogen) atoms. The summed E-state index contributed by atoms with van der Waals surface area (Å²) in [5.74, 6) is 0. The highest BCUT2D eigenvalue weighted by Crippen LogP contribution is 2.24. The van der Waals surface area contributed by atoms with E-state index in [2.05, 4.69) is 24.3 Å². The van der Waals surface area contributed by atoms with Crippen molar-refractivity contribution >= 4 is 10.9 Å². The molecule has 0 fully saturated rings. The van der Waals surface area contributed by atoms with E-state index < -0.39 is 0 Å². The predicted molar refractivity (Wildman–Crippen MR) is 84.0 cm³/mol. The van der Waals surface area contributed by atoms with Gasteiger partial charge >= 0.3 is 0 Å². The van der Waals surface area contributed by atoms with Crippen molar-refractivity contribution < 1.29 is 0 Å². The highest BCUT2D eigenvalue weighted by molar-refractivity contribution is 5.84. The van der Waals surface area contributed by atoms with Crippen molar-refractivity contribution in [1.82, 2.24) is 4.57 Å². The van der Waals surface area contributed by atoms with Crippen molar-refractivity contribution in [2.24, 2.45) is 0 Å². The van der Waals surface area contributed by atoms with E-state index in [1.807, 2.05) is 48.7 Å². The van der Waals surface area contributed by atoms with Gasteiger partial charge in [0.15, 0.2) is 0 Å². The number of hydrogen-bond donors (Lipinski definition) is 0. The zero-order valence-corrected chi connectivity index (χ0v) is 11.7. The number of aromatic nitrogens is 1. The Kier molecular flexibility index (Phi) is 3.15. The summed E-state index contributed by atoms with van der Waals surface area (Å²) in [6.45, 7) is 4.07. The van der Waals surface area contributed by atoms with Crippen molar-refractivity contribution in [3.63, 3.8) is 0 Å². The van der Waals surface area contributed by atoms with Gasteiger partial charge in [0.25, 0.3) is 5.56 Å². The fourth-order valence-corrected chi connectivity index (χ4v) is 2.61. The van der Waals surface area contributed by atoms with Gasteiger partial charge in [0.05, 0.1) is 5.52 Å². The van der Waals surface area contributed by atoms with Gasteiger partial charge in [-0.3, -0.25) is 4.79 Å². The molecular formula is C18H17NO. The first-order valence-electron chi connectivity index (χ1n) is 6.87. The summed E-state index contributed by atoms with van der Waals surface area (Å²) >= 11 is 0. The van der Waals surface area contributed by atoms with Crippen LogP contribution in [0.3, 0.4) is 0 Å². The van der Waals surface area contributed by atoms with Gasteiger partial charge in [0.2, 0.25) is 0 Å². The van der Waals surface area contributed by atoms with Crippen molar-refractivity contribution in [3.05, 3.63) is 71.0 Å². The lowest BCUT2D eigenvalue weighted by atomic mass is 10.0. The molecule has 0 unspecified atom stereocenters. The summed E-state index contributed by atoms with van der Waals surface area (Å²) in [7, 11) is 0. The van der Waals surface area contributed by atoms with Gasteiger partial charge in [-0.15, -0.1) is 0 Å². The van der Waals surface area contributed by atoms with Crippen LogP contribution in [-0.2, 0) is 0 Å². The number of fused-ring (bicyclic) bond motifs is 1. The number of pyridine rings is 1. The number of nitrogens with zero attached hydrogens (tertiary/aromatic N) is 1. The Hall–Kier alpha value is -2.35. The first-order valence-corrected chi connectivity index (χ1v) is 6.87. The Labute approximate surface area is 118 Å². The Morgan fingerprint density at radius 1 is 0.850 bits per heavy atom. The first kappa shape index (κ1) is 12.7. The second-order valence-electron chi connectivity index (χ2n) is 5.27. The fraction of sp³-hybridized carbons (Fsp3) is 0.167. The molecule has 0 amide bonds. The minimum absolute atomic E-state index is 0.0555. The van der Waals surface area contributed by atoms with E-state index in [1.54, 1.807) is 6.07 Å². The summed E-state index contributed by atoms with van der Waals surface area (Å²) in [6.07, 6.45) is 0. The van der Waals surface area contributed by atoms with E-state index in [1.165, 1.54) is 11.1 Å². The molecule has 0 bridgehead atoms. The normalized spacial score (nSPS) is 11.2. The minimum Gasteiger partial charge on any atom is -0.306 e. The fourth-order valence-electron chi connectivity index (χ4n) is 2.61. The highest BCUT2D eigenvalue weighted by Gasteiger charge is 2.07. The van der Waals surface area contributed by atoms with Crippen LogP contribution >= 0.6 is 0 Å². The summed E-state index contributed by atoms with van der Waals surface area (Å²) in [5, 5.41) is 1.10. The minimum atomic E-state index is 0.0555. The first-order chi connectivity index (χ1) is 9.66. The molecule has 100 valence electrons. The molecule has 1 heterocycles. The summed E-state index contributed by atoms with van der Waals surface area (Å²) in [5.41, 5.74) is 3.41. The summed E-state index contributed by atoms with van der Waals surface area (Å²) in [6, 6.07) is 20.3. The molecule has 0 spiro atoms. The Morgan fingerprint density at radius 3 is 2.30 bits per heavy atom. The zero-order valence-electron chi connectivity index (χ0n) is 11.7. The molecule has 0 aliphatic carbocycles. The molecule has 0 saturated heterocycles. The van der Waals surface area contributed by atoms with Gasteiger partial charge in [-0.05, 0) is 48.6 Å². The average Bonchev–Trinajstić information content (AvgIpc) is 2.47. The molecule has 1 aromatic heterocycles. The van der Waals surface area contributed by atoms with E-state index in [0.717, 1.165) is 10.9 Å². The maximum atomic E-state index is 12.0. The lowest BCUT2D eigenvalue weighted by molar-refractivity contribution is 0.600. The summed E-state index contributed by atoms with van der Waals surface area (Å²) < 4.78 is 1.84. The van der Waals surface area contributed by atoms with Gasteiger partial charge < -0.3 is 4.57 Å². The number of hydrogen-bond acceptors (Lipinski definition) is 1. The van der Waals surface area contributed by atoms with Gasteiger partial charge in [0.1, 0.15) is 0 Å². The van der Waals surface area contributed by atoms with E-state index in [4.69, 9.17) is 0 Å².